The normalized spacial score (nSPS) is 23.1. The third kappa shape index (κ3) is 5.99. The van der Waals surface area contributed by atoms with E-state index in [-0.39, 0.29) is 47.9 Å². The van der Waals surface area contributed by atoms with Crippen molar-refractivity contribution in [1.82, 2.24) is 15.1 Å². The van der Waals surface area contributed by atoms with Crippen LogP contribution in [0.2, 0.25) is 0 Å². The highest BCUT2D eigenvalue weighted by atomic mass is 16.2. The number of fused-ring (bicyclic) bond motifs is 1. The second-order valence-corrected chi connectivity index (χ2v) is 11.6. The van der Waals surface area contributed by atoms with Gasteiger partial charge in [0.25, 0.3) is 5.91 Å². The number of likely N-dealkylation sites (tertiary alicyclic amines) is 2. The fourth-order valence-electron chi connectivity index (χ4n) is 6.16. The first-order valence-electron chi connectivity index (χ1n) is 13.9. The molecule has 3 fully saturated rings. The number of Topliss-reactive ketones (excluding diaryl/α,β-unsaturated/α-hetero) is 1. The van der Waals surface area contributed by atoms with Crippen LogP contribution in [-0.2, 0) is 14.4 Å². The van der Waals surface area contributed by atoms with E-state index in [1.54, 1.807) is 21.9 Å². The van der Waals surface area contributed by atoms with Gasteiger partial charge in [-0.15, -0.1) is 0 Å². The number of carbonyl (C=O) groups excluding carboxylic acids is 4. The molecule has 8 heteroatoms. The summed E-state index contributed by atoms with van der Waals surface area (Å²) in [6, 6.07) is 5.68. The number of benzene rings is 1. The molecular weight excluding hydrogens is 468 g/mol. The SMILES string of the molecule is CC(C)C[C@H](NC(=O)c1ccc(N(C)C)cc1)C(=O)N1CCC2C1C(=O)CN2C(=O)C1CCCCCC1. The van der Waals surface area contributed by atoms with Gasteiger partial charge in [-0.1, -0.05) is 39.5 Å². The number of carbonyl (C=O) groups is 4. The molecular formula is C29H42N4O4. The van der Waals surface area contributed by atoms with Crippen LogP contribution in [0.3, 0.4) is 0 Å². The van der Waals surface area contributed by atoms with Gasteiger partial charge in [-0.3, -0.25) is 19.2 Å². The van der Waals surface area contributed by atoms with Crippen LogP contribution in [-0.4, -0.2) is 78.6 Å². The van der Waals surface area contributed by atoms with Crippen LogP contribution in [0.4, 0.5) is 5.69 Å². The van der Waals surface area contributed by atoms with E-state index in [9.17, 15) is 19.2 Å². The Bertz CT molecular complexity index is 998. The summed E-state index contributed by atoms with van der Waals surface area (Å²) in [6.45, 7) is 4.54. The molecule has 1 N–H and O–H groups in total. The summed E-state index contributed by atoms with van der Waals surface area (Å²) in [5, 5.41) is 2.94. The highest BCUT2D eigenvalue weighted by molar-refractivity contribution is 6.01. The van der Waals surface area contributed by atoms with Gasteiger partial charge in [0.1, 0.15) is 12.1 Å². The Morgan fingerprint density at radius 3 is 2.22 bits per heavy atom. The predicted octanol–water partition coefficient (Wildman–Crippen LogP) is 3.25. The van der Waals surface area contributed by atoms with Crippen LogP contribution < -0.4 is 10.2 Å². The molecule has 0 spiro atoms. The predicted molar refractivity (Wildman–Crippen MR) is 143 cm³/mol. The molecule has 0 aromatic heterocycles. The van der Waals surface area contributed by atoms with E-state index >= 15 is 0 Å². The number of nitrogens with one attached hydrogen (secondary N) is 1. The number of amides is 3. The average molecular weight is 511 g/mol. The van der Waals surface area contributed by atoms with Crippen molar-refractivity contribution in [2.75, 3.05) is 32.1 Å². The van der Waals surface area contributed by atoms with Gasteiger partial charge >= 0.3 is 0 Å². The molecule has 0 bridgehead atoms. The Labute approximate surface area is 220 Å². The van der Waals surface area contributed by atoms with Gasteiger partial charge in [-0.05, 0) is 55.9 Å². The minimum absolute atomic E-state index is 0.00865. The molecule has 1 saturated carbocycles. The molecule has 3 aliphatic rings. The molecule has 2 heterocycles. The molecule has 37 heavy (non-hydrogen) atoms. The number of ketones is 1. The molecule has 3 amide bonds. The van der Waals surface area contributed by atoms with Gasteiger partial charge in [0.15, 0.2) is 5.78 Å². The molecule has 1 aliphatic carbocycles. The molecule has 4 rings (SSSR count). The van der Waals surface area contributed by atoms with Crippen molar-refractivity contribution in [3.8, 4) is 0 Å². The Balaban J connectivity index is 1.46. The number of hydrogen-bond donors (Lipinski definition) is 1. The minimum atomic E-state index is -0.723. The summed E-state index contributed by atoms with van der Waals surface area (Å²) in [6.07, 6.45) is 7.32. The number of hydrogen-bond acceptors (Lipinski definition) is 5. The van der Waals surface area contributed by atoms with Crippen LogP contribution in [0.1, 0.15) is 75.6 Å². The Morgan fingerprint density at radius 2 is 1.62 bits per heavy atom. The zero-order valence-electron chi connectivity index (χ0n) is 22.7. The van der Waals surface area contributed by atoms with E-state index < -0.39 is 12.1 Å². The molecule has 1 aromatic carbocycles. The number of nitrogens with zero attached hydrogens (tertiary/aromatic N) is 3. The molecule has 0 radical (unpaired) electrons. The standard InChI is InChI=1S/C29H42N4O4/c1-19(2)17-23(30-27(35)20-11-13-22(14-12-20)31(3)4)29(37)32-16-15-24-26(32)25(34)18-33(24)28(36)21-9-7-5-6-8-10-21/h11-14,19,21,23-24,26H,5-10,15-18H2,1-4H3,(H,30,35)/t23-,24?,26?/m0/s1. The van der Waals surface area contributed by atoms with Crippen molar-refractivity contribution in [2.45, 2.75) is 83.3 Å². The lowest BCUT2D eigenvalue weighted by Gasteiger charge is -2.29. The first-order valence-corrected chi connectivity index (χ1v) is 13.9. The summed E-state index contributed by atoms with van der Waals surface area (Å²) >= 11 is 0. The summed E-state index contributed by atoms with van der Waals surface area (Å²) in [7, 11) is 3.87. The maximum Gasteiger partial charge on any atom is 0.251 e. The summed E-state index contributed by atoms with van der Waals surface area (Å²) in [4.78, 5) is 58.7. The summed E-state index contributed by atoms with van der Waals surface area (Å²) < 4.78 is 0. The molecule has 8 nitrogen and oxygen atoms in total. The maximum absolute atomic E-state index is 13.8. The van der Waals surface area contributed by atoms with Gasteiger partial charge < -0.3 is 20.0 Å². The zero-order valence-corrected chi connectivity index (χ0v) is 22.7. The Hall–Kier alpha value is -2.90. The van der Waals surface area contributed by atoms with Gasteiger partial charge in [0.2, 0.25) is 11.8 Å². The molecule has 2 unspecified atom stereocenters. The topological polar surface area (TPSA) is 90.0 Å². The van der Waals surface area contributed by atoms with E-state index in [0.717, 1.165) is 31.4 Å². The lowest BCUT2D eigenvalue weighted by atomic mass is 9.98. The lowest BCUT2D eigenvalue weighted by molar-refractivity contribution is -0.138. The van der Waals surface area contributed by atoms with Crippen molar-refractivity contribution < 1.29 is 19.2 Å². The second kappa shape index (κ2) is 11.7. The third-order valence-corrected chi connectivity index (χ3v) is 8.15. The van der Waals surface area contributed by atoms with E-state index in [1.165, 1.54) is 12.8 Å². The van der Waals surface area contributed by atoms with E-state index in [0.29, 0.717) is 24.9 Å². The molecule has 1 aromatic rings. The van der Waals surface area contributed by atoms with Crippen LogP contribution in [0.25, 0.3) is 0 Å². The van der Waals surface area contributed by atoms with Gasteiger partial charge in [-0.25, -0.2) is 0 Å². The third-order valence-electron chi connectivity index (χ3n) is 8.15. The van der Waals surface area contributed by atoms with Crippen LogP contribution >= 0.6 is 0 Å². The van der Waals surface area contributed by atoms with Gasteiger partial charge in [0, 0.05) is 37.8 Å². The number of rotatable bonds is 7. The van der Waals surface area contributed by atoms with Crippen LogP contribution in [0.15, 0.2) is 24.3 Å². The maximum atomic E-state index is 13.8. The van der Waals surface area contributed by atoms with E-state index in [4.69, 9.17) is 0 Å². The quantitative estimate of drug-likeness (QED) is 0.569. The van der Waals surface area contributed by atoms with Crippen LogP contribution in [0, 0.1) is 11.8 Å². The first kappa shape index (κ1) is 27.1. The molecule has 3 atom stereocenters. The monoisotopic (exact) mass is 510 g/mol. The molecule has 2 aliphatic heterocycles. The van der Waals surface area contributed by atoms with Crippen molar-refractivity contribution in [3.63, 3.8) is 0 Å². The smallest absolute Gasteiger partial charge is 0.251 e. The van der Waals surface area contributed by atoms with E-state index in [1.807, 2.05) is 45.0 Å². The van der Waals surface area contributed by atoms with Gasteiger partial charge in [-0.2, -0.15) is 0 Å². The van der Waals surface area contributed by atoms with Crippen molar-refractivity contribution >= 4 is 29.2 Å². The largest absolute Gasteiger partial charge is 0.378 e. The van der Waals surface area contributed by atoms with Crippen LogP contribution in [0.5, 0.6) is 0 Å². The van der Waals surface area contributed by atoms with E-state index in [2.05, 4.69) is 5.32 Å². The summed E-state index contributed by atoms with van der Waals surface area (Å²) in [5.41, 5.74) is 1.47. The zero-order chi connectivity index (χ0) is 26.7. The first-order chi connectivity index (χ1) is 17.7. The Kier molecular flexibility index (Phi) is 8.55. The average Bonchev–Trinajstić information content (AvgIpc) is 3.32. The number of anilines is 1. The lowest BCUT2D eigenvalue weighted by Crippen LogP contribution is -2.53. The van der Waals surface area contributed by atoms with Gasteiger partial charge in [0.05, 0.1) is 12.6 Å². The van der Waals surface area contributed by atoms with Crippen molar-refractivity contribution in [1.29, 1.82) is 0 Å². The highest BCUT2D eigenvalue weighted by Gasteiger charge is 2.52. The fraction of sp³-hybridized carbons (Fsp3) is 0.655. The fourth-order valence-corrected chi connectivity index (χ4v) is 6.16. The minimum Gasteiger partial charge on any atom is -0.378 e. The summed E-state index contributed by atoms with van der Waals surface area (Å²) in [5.74, 6) is -0.335. The second-order valence-electron chi connectivity index (χ2n) is 11.6. The van der Waals surface area contributed by atoms with Crippen molar-refractivity contribution in [2.24, 2.45) is 11.8 Å². The molecule has 202 valence electrons. The molecule has 2 saturated heterocycles. The highest BCUT2D eigenvalue weighted by Crippen LogP contribution is 2.34. The Morgan fingerprint density at radius 1 is 0.973 bits per heavy atom. The van der Waals surface area contributed by atoms with Crippen molar-refractivity contribution in [3.05, 3.63) is 29.8 Å².